The van der Waals surface area contributed by atoms with Gasteiger partial charge in [-0.2, -0.15) is 8.42 Å². The maximum atomic E-state index is 13.1. The summed E-state index contributed by atoms with van der Waals surface area (Å²) in [6.45, 7) is 16.2. The third-order valence-corrected chi connectivity index (χ3v) is 17.9. The molecular weight excluding hydrogens is 1090 g/mol. The number of nitrogens with one attached hydrogen (secondary N) is 1. The van der Waals surface area contributed by atoms with Gasteiger partial charge in [-0.1, -0.05) is 0 Å². The van der Waals surface area contributed by atoms with E-state index in [0.717, 1.165) is 83.7 Å². The van der Waals surface area contributed by atoms with Gasteiger partial charge in [0, 0.05) is 53.9 Å². The lowest BCUT2D eigenvalue weighted by Gasteiger charge is -2.32. The van der Waals surface area contributed by atoms with Crippen molar-refractivity contribution < 1.29 is 26.8 Å². The highest BCUT2D eigenvalue weighted by Gasteiger charge is 2.30. The lowest BCUT2D eigenvalue weighted by Crippen LogP contribution is -2.40. The van der Waals surface area contributed by atoms with E-state index in [4.69, 9.17) is 18.4 Å². The predicted octanol–water partition coefficient (Wildman–Crippen LogP) is 5.19. The Kier molecular flexibility index (Phi) is 19.5. The predicted molar refractivity (Wildman–Crippen MR) is 315 cm³/mol. The van der Waals surface area contributed by atoms with Crippen LogP contribution in [0.4, 0.5) is 0 Å². The number of fused-ring (bicyclic) bond motifs is 3. The standard InChI is InChI=1S/2C19H28N4O3.C10H12N4O2.C10H20O4S/c2*1-12-8-15(9-13(2)26-12)6-7-23-18(24)16-17(21(3)19(23)25)20-11-22(16)10-14-4-5-14;1-13-8-7(9(15)12-10(13)16)14(5-11-8)4-6-2-3-6;1-8-6-10(7-9(2)14-8)4-5-13-15(3,11)12/h2*11-15H,4-10H2,1-3H3;5-6H,2-4H2,1H3,(H,12,15,16);8-10H,4-7H2,1-3H3/t2*12-,13-;;8-,9-/m11.1/s1. The summed E-state index contributed by atoms with van der Waals surface area (Å²) < 4.78 is 56.3. The monoisotopic (exact) mass is 1180 g/mol. The number of aromatic amines is 1. The molecule has 0 unspecified atom stereocenters. The summed E-state index contributed by atoms with van der Waals surface area (Å²) in [5.74, 6) is 3.43. The van der Waals surface area contributed by atoms with E-state index < -0.39 is 15.8 Å². The zero-order chi connectivity index (χ0) is 59.6. The van der Waals surface area contributed by atoms with Crippen molar-refractivity contribution >= 4 is 43.6 Å². The van der Waals surface area contributed by atoms with Crippen LogP contribution in [0.25, 0.3) is 33.5 Å². The van der Waals surface area contributed by atoms with Crippen molar-refractivity contribution in [3.63, 3.8) is 0 Å². The Hall–Kier alpha value is -5.76. The van der Waals surface area contributed by atoms with Crippen LogP contribution in [0.5, 0.6) is 0 Å². The average Bonchev–Trinajstić information content (AvgIpc) is 4.24. The van der Waals surface area contributed by atoms with Crippen molar-refractivity contribution in [2.45, 2.75) is 207 Å². The largest absolute Gasteiger partial charge is 0.376 e. The Labute approximate surface area is 483 Å². The molecule has 3 saturated heterocycles. The molecule has 3 saturated carbocycles. The SMILES string of the molecule is C[C@@H]1CC(CCOS(C)(=O)=O)C[C@@H](C)O1.C[C@@H]1CC(CCn2c(=O)c3c(ncn3CC3CC3)n(C)c2=O)C[C@@H](C)O1.C[C@@H]1CC(CCn2c(=O)c3c(ncn3CC3CC3)n(C)c2=O)C[C@@H](C)O1.Cn1c(=O)[nH]c(=O)c2c1ncn2CC1CC1. The van der Waals surface area contributed by atoms with Gasteiger partial charge >= 0.3 is 17.1 Å². The molecule has 12 rings (SSSR count). The highest BCUT2D eigenvalue weighted by atomic mass is 32.2. The van der Waals surface area contributed by atoms with Crippen LogP contribution in [0.3, 0.4) is 0 Å². The minimum Gasteiger partial charge on any atom is -0.376 e. The van der Waals surface area contributed by atoms with E-state index in [1.165, 1.54) is 61.4 Å². The van der Waals surface area contributed by atoms with Crippen molar-refractivity contribution in [2.24, 2.45) is 56.7 Å². The number of ether oxygens (including phenoxy) is 3. The molecule has 0 spiro atoms. The Morgan fingerprint density at radius 2 is 0.819 bits per heavy atom. The molecule has 83 heavy (non-hydrogen) atoms. The zero-order valence-corrected chi connectivity index (χ0v) is 51.1. The van der Waals surface area contributed by atoms with Gasteiger partial charge in [-0.15, -0.1) is 0 Å². The molecule has 458 valence electrons. The number of aromatic nitrogens is 12. The molecule has 6 fully saturated rings. The smallest absolute Gasteiger partial charge is 0.332 e. The molecule has 0 aromatic carbocycles. The summed E-state index contributed by atoms with van der Waals surface area (Å²) in [5.41, 5.74) is 1.34. The van der Waals surface area contributed by atoms with Crippen molar-refractivity contribution in [1.82, 2.24) is 56.5 Å². The van der Waals surface area contributed by atoms with Crippen LogP contribution in [0, 0.1) is 35.5 Å². The molecule has 6 aromatic heterocycles. The molecule has 9 heterocycles. The van der Waals surface area contributed by atoms with E-state index in [1.807, 2.05) is 13.7 Å². The lowest BCUT2D eigenvalue weighted by atomic mass is 9.90. The number of imidazole rings is 3. The number of hydrogen-bond donors (Lipinski definition) is 1. The van der Waals surface area contributed by atoms with Gasteiger partial charge in [0.05, 0.1) is 68.5 Å². The summed E-state index contributed by atoms with van der Waals surface area (Å²) >= 11 is 0. The van der Waals surface area contributed by atoms with Crippen molar-refractivity contribution in [3.8, 4) is 0 Å². The van der Waals surface area contributed by atoms with Crippen LogP contribution in [-0.2, 0) is 82.4 Å². The van der Waals surface area contributed by atoms with Crippen LogP contribution in [0.1, 0.15) is 138 Å². The Balaban J connectivity index is 0.000000137. The van der Waals surface area contributed by atoms with Gasteiger partial charge < -0.3 is 27.9 Å². The quantitative estimate of drug-likeness (QED) is 0.122. The van der Waals surface area contributed by atoms with Crippen molar-refractivity contribution in [1.29, 1.82) is 0 Å². The molecule has 0 bridgehead atoms. The minimum absolute atomic E-state index is 0.200. The number of aryl methyl sites for hydroxylation is 3. The summed E-state index contributed by atoms with van der Waals surface area (Å²) in [7, 11) is 1.73. The first-order valence-corrected chi connectivity index (χ1v) is 32.0. The first kappa shape index (κ1) is 61.8. The Morgan fingerprint density at radius 3 is 1.16 bits per heavy atom. The highest BCUT2D eigenvalue weighted by Crippen LogP contribution is 2.34. The fraction of sp³-hybridized carbons (Fsp3) is 0.741. The van der Waals surface area contributed by atoms with E-state index in [-0.39, 0.29) is 64.7 Å². The normalized spacial score (nSPS) is 25.6. The van der Waals surface area contributed by atoms with Crippen LogP contribution >= 0.6 is 0 Å². The molecule has 6 atom stereocenters. The van der Waals surface area contributed by atoms with Gasteiger partial charge in [0.1, 0.15) is 0 Å². The second kappa shape index (κ2) is 26.2. The molecule has 3 aliphatic carbocycles. The maximum absolute atomic E-state index is 13.1. The summed E-state index contributed by atoms with van der Waals surface area (Å²) in [6, 6.07) is 0. The molecule has 0 amide bonds. The minimum atomic E-state index is -3.28. The molecule has 3 aliphatic heterocycles. The van der Waals surface area contributed by atoms with Gasteiger partial charge in [0.2, 0.25) is 0 Å². The molecule has 6 aliphatic rings. The molecular formula is C58H88N12O12S. The molecule has 0 radical (unpaired) electrons. The third-order valence-electron chi connectivity index (χ3n) is 17.3. The molecule has 6 aromatic rings. The van der Waals surface area contributed by atoms with Crippen LogP contribution in [0.15, 0.2) is 47.7 Å². The fourth-order valence-electron chi connectivity index (χ4n) is 12.7. The van der Waals surface area contributed by atoms with Crippen LogP contribution < -0.4 is 33.7 Å². The Bertz CT molecular complexity index is 3540. The number of nitrogens with zero attached hydrogens (tertiary/aromatic N) is 11. The van der Waals surface area contributed by atoms with E-state index >= 15 is 0 Å². The van der Waals surface area contributed by atoms with Crippen LogP contribution in [0.2, 0.25) is 0 Å². The summed E-state index contributed by atoms with van der Waals surface area (Å²) in [4.78, 5) is 89.6. The number of hydrogen-bond acceptors (Lipinski definition) is 15. The Morgan fingerprint density at radius 1 is 0.494 bits per heavy atom. The van der Waals surface area contributed by atoms with Gasteiger partial charge in [-0.25, -0.2) is 29.3 Å². The number of rotatable bonds is 16. The van der Waals surface area contributed by atoms with E-state index in [9.17, 15) is 37.2 Å². The average molecular weight is 1180 g/mol. The molecule has 24 nitrogen and oxygen atoms in total. The second-order valence-electron chi connectivity index (χ2n) is 25.1. The van der Waals surface area contributed by atoms with E-state index in [2.05, 4.69) is 61.5 Å². The van der Waals surface area contributed by atoms with E-state index in [0.29, 0.717) is 88.7 Å². The molecule has 25 heteroatoms. The van der Waals surface area contributed by atoms with Gasteiger partial charge in [-0.3, -0.25) is 46.4 Å². The topological polar surface area (TPSA) is 267 Å². The van der Waals surface area contributed by atoms with Crippen molar-refractivity contribution in [2.75, 3.05) is 12.9 Å². The van der Waals surface area contributed by atoms with Gasteiger partial charge in [0.15, 0.2) is 33.5 Å². The van der Waals surface area contributed by atoms with E-state index in [1.54, 1.807) is 40.1 Å². The summed E-state index contributed by atoms with van der Waals surface area (Å²) in [6.07, 6.45) is 23.3. The zero-order valence-electron chi connectivity index (χ0n) is 50.2. The van der Waals surface area contributed by atoms with Gasteiger partial charge in [0.25, 0.3) is 26.8 Å². The van der Waals surface area contributed by atoms with Crippen molar-refractivity contribution in [3.05, 3.63) is 81.5 Å². The number of H-pyrrole nitrogens is 1. The third kappa shape index (κ3) is 15.8. The molecule has 1 N–H and O–H groups in total. The maximum Gasteiger partial charge on any atom is 0.332 e. The highest BCUT2D eigenvalue weighted by molar-refractivity contribution is 7.85. The van der Waals surface area contributed by atoms with Crippen LogP contribution in [-0.4, -0.2) is 114 Å². The lowest BCUT2D eigenvalue weighted by molar-refractivity contribution is -0.0550. The summed E-state index contributed by atoms with van der Waals surface area (Å²) in [5, 5.41) is 0. The fourth-order valence-corrected chi connectivity index (χ4v) is 13.1. The van der Waals surface area contributed by atoms with Gasteiger partial charge in [-0.05, 0) is 173 Å². The second-order valence-corrected chi connectivity index (χ2v) is 26.8. The first-order valence-electron chi connectivity index (χ1n) is 30.1. The first-order chi connectivity index (χ1) is 39.4.